The van der Waals surface area contributed by atoms with Crippen molar-refractivity contribution in [3.05, 3.63) is 59.4 Å². The molecule has 0 radical (unpaired) electrons. The normalized spacial score (nSPS) is 15.1. The number of hydrogen-bond donors (Lipinski definition) is 2. The van der Waals surface area contributed by atoms with E-state index in [9.17, 15) is 14.3 Å². The predicted molar refractivity (Wildman–Crippen MR) is 109 cm³/mol. The molecular formula is C22H28FN3O3. The lowest BCUT2D eigenvalue weighted by atomic mass is 10.0. The Hall–Kier alpha value is -2.80. The average Bonchev–Trinajstić information content (AvgIpc) is 2.72. The Balaban J connectivity index is 1.69. The van der Waals surface area contributed by atoms with Crippen LogP contribution < -0.4 is 10.1 Å². The number of likely N-dealkylation sites (tertiary alicyclic amines) is 1. The molecule has 1 aliphatic heterocycles. The third kappa shape index (κ3) is 5.60. The molecule has 0 aromatic heterocycles. The van der Waals surface area contributed by atoms with Crippen LogP contribution in [0.3, 0.4) is 0 Å². The van der Waals surface area contributed by atoms with Crippen molar-refractivity contribution in [2.75, 3.05) is 27.2 Å². The monoisotopic (exact) mass is 401 g/mol. The van der Waals surface area contributed by atoms with E-state index in [4.69, 9.17) is 4.74 Å². The smallest absolute Gasteiger partial charge is 0.318 e. The largest absolute Gasteiger partial charge is 0.504 e. The van der Waals surface area contributed by atoms with Crippen molar-refractivity contribution < 1.29 is 19.0 Å². The molecule has 0 unspecified atom stereocenters. The second-order valence-electron chi connectivity index (χ2n) is 7.45. The molecule has 0 aliphatic carbocycles. The fourth-order valence-electron chi connectivity index (χ4n) is 3.58. The molecule has 156 valence electrons. The van der Waals surface area contributed by atoms with E-state index in [-0.39, 0.29) is 23.6 Å². The Labute approximate surface area is 170 Å². The molecule has 6 nitrogen and oxygen atoms in total. The number of rotatable bonds is 6. The van der Waals surface area contributed by atoms with Crippen LogP contribution in [0.4, 0.5) is 9.18 Å². The molecule has 2 amide bonds. The van der Waals surface area contributed by atoms with Gasteiger partial charge in [-0.2, -0.15) is 0 Å². The van der Waals surface area contributed by atoms with Crippen molar-refractivity contribution in [2.45, 2.75) is 32.0 Å². The van der Waals surface area contributed by atoms with Crippen molar-refractivity contribution in [2.24, 2.45) is 0 Å². The van der Waals surface area contributed by atoms with Crippen LogP contribution in [0.15, 0.2) is 42.5 Å². The Morgan fingerprint density at radius 1 is 1.21 bits per heavy atom. The summed E-state index contributed by atoms with van der Waals surface area (Å²) in [6.07, 6.45) is 1.79. The molecule has 0 saturated carbocycles. The highest BCUT2D eigenvalue weighted by Gasteiger charge is 2.27. The predicted octanol–water partition coefficient (Wildman–Crippen LogP) is 3.35. The van der Waals surface area contributed by atoms with Crippen LogP contribution in [0, 0.1) is 5.82 Å². The van der Waals surface area contributed by atoms with E-state index in [1.165, 1.54) is 19.2 Å². The highest BCUT2D eigenvalue weighted by atomic mass is 19.1. The summed E-state index contributed by atoms with van der Waals surface area (Å²) >= 11 is 0. The topological polar surface area (TPSA) is 65.0 Å². The number of amides is 2. The van der Waals surface area contributed by atoms with Gasteiger partial charge >= 0.3 is 6.03 Å². The third-order valence-electron chi connectivity index (χ3n) is 5.34. The van der Waals surface area contributed by atoms with Gasteiger partial charge in [-0.3, -0.25) is 0 Å². The molecule has 1 fully saturated rings. The molecule has 1 saturated heterocycles. The second kappa shape index (κ2) is 9.60. The number of piperidine rings is 1. The van der Waals surface area contributed by atoms with Gasteiger partial charge in [0.15, 0.2) is 11.5 Å². The first-order valence-electron chi connectivity index (χ1n) is 9.79. The van der Waals surface area contributed by atoms with Crippen LogP contribution in [0.2, 0.25) is 0 Å². The molecule has 0 atom stereocenters. The number of methoxy groups -OCH3 is 1. The van der Waals surface area contributed by atoms with Crippen LogP contribution >= 0.6 is 0 Å². The van der Waals surface area contributed by atoms with Gasteiger partial charge in [0.1, 0.15) is 5.82 Å². The van der Waals surface area contributed by atoms with Gasteiger partial charge in [0, 0.05) is 19.1 Å². The SMILES string of the molecule is COc1ccc(CNC(=O)N(Cc2ccc(F)cc2)C2CCN(C)CC2)cc1O. The molecule has 0 spiro atoms. The number of phenolic OH excluding ortho intramolecular Hbond substituents is 1. The number of carbonyl (C=O) groups excluding carboxylic acids is 1. The van der Waals surface area contributed by atoms with Gasteiger partial charge < -0.3 is 25.0 Å². The number of ether oxygens (including phenoxy) is 1. The molecule has 2 N–H and O–H groups in total. The van der Waals surface area contributed by atoms with Gasteiger partial charge in [0.25, 0.3) is 0 Å². The maximum absolute atomic E-state index is 13.2. The number of nitrogens with zero attached hydrogens (tertiary/aromatic N) is 2. The zero-order valence-corrected chi connectivity index (χ0v) is 16.9. The van der Waals surface area contributed by atoms with Crippen molar-refractivity contribution >= 4 is 6.03 Å². The summed E-state index contributed by atoms with van der Waals surface area (Å²) in [4.78, 5) is 17.1. The summed E-state index contributed by atoms with van der Waals surface area (Å²) in [7, 11) is 3.57. The highest BCUT2D eigenvalue weighted by Crippen LogP contribution is 2.26. The highest BCUT2D eigenvalue weighted by molar-refractivity contribution is 5.74. The number of phenols is 1. The van der Waals surface area contributed by atoms with E-state index in [0.29, 0.717) is 18.8 Å². The lowest BCUT2D eigenvalue weighted by molar-refractivity contribution is 0.127. The van der Waals surface area contributed by atoms with Crippen LogP contribution in [0.1, 0.15) is 24.0 Å². The summed E-state index contributed by atoms with van der Waals surface area (Å²) in [5.41, 5.74) is 1.67. The van der Waals surface area contributed by atoms with Crippen molar-refractivity contribution in [3.63, 3.8) is 0 Å². The zero-order valence-electron chi connectivity index (χ0n) is 16.9. The average molecular weight is 401 g/mol. The summed E-state index contributed by atoms with van der Waals surface area (Å²) in [6, 6.07) is 11.3. The maximum Gasteiger partial charge on any atom is 0.318 e. The van der Waals surface area contributed by atoms with Crippen LogP contribution in [-0.2, 0) is 13.1 Å². The minimum atomic E-state index is -0.289. The number of halogens is 1. The van der Waals surface area contributed by atoms with Gasteiger partial charge in [-0.1, -0.05) is 18.2 Å². The van der Waals surface area contributed by atoms with E-state index >= 15 is 0 Å². The zero-order chi connectivity index (χ0) is 20.8. The molecule has 29 heavy (non-hydrogen) atoms. The fraction of sp³-hybridized carbons (Fsp3) is 0.409. The van der Waals surface area contributed by atoms with Crippen LogP contribution in [0.25, 0.3) is 0 Å². The number of urea groups is 1. The van der Waals surface area contributed by atoms with Gasteiger partial charge in [-0.05, 0) is 68.4 Å². The first-order valence-corrected chi connectivity index (χ1v) is 9.79. The van der Waals surface area contributed by atoms with Crippen LogP contribution in [-0.4, -0.2) is 54.2 Å². The Bertz CT molecular complexity index is 821. The number of nitrogens with one attached hydrogen (secondary N) is 1. The molecule has 1 aliphatic rings. The Morgan fingerprint density at radius 3 is 2.48 bits per heavy atom. The van der Waals surface area contributed by atoms with Crippen LogP contribution in [0.5, 0.6) is 11.5 Å². The van der Waals surface area contributed by atoms with E-state index in [2.05, 4.69) is 17.3 Å². The number of benzene rings is 2. The van der Waals surface area contributed by atoms with Crippen molar-refractivity contribution in [1.82, 2.24) is 15.1 Å². The molecule has 2 aromatic rings. The van der Waals surface area contributed by atoms with Gasteiger partial charge in [0.2, 0.25) is 0 Å². The van der Waals surface area contributed by atoms with E-state index in [1.54, 1.807) is 30.3 Å². The number of carbonyl (C=O) groups is 1. The molecule has 1 heterocycles. The van der Waals surface area contributed by atoms with E-state index < -0.39 is 0 Å². The Morgan fingerprint density at radius 2 is 1.86 bits per heavy atom. The summed E-state index contributed by atoms with van der Waals surface area (Å²) < 4.78 is 18.3. The molecule has 2 aromatic carbocycles. The van der Waals surface area contributed by atoms with Gasteiger partial charge in [0.05, 0.1) is 7.11 Å². The summed E-state index contributed by atoms with van der Waals surface area (Å²) in [6.45, 7) is 2.59. The lowest BCUT2D eigenvalue weighted by Crippen LogP contribution is -2.49. The first kappa shape index (κ1) is 20.9. The fourth-order valence-corrected chi connectivity index (χ4v) is 3.58. The molecular weight excluding hydrogens is 373 g/mol. The minimum Gasteiger partial charge on any atom is -0.504 e. The minimum absolute atomic E-state index is 0.0396. The number of aromatic hydroxyl groups is 1. The maximum atomic E-state index is 13.2. The third-order valence-corrected chi connectivity index (χ3v) is 5.34. The molecule has 3 rings (SSSR count). The van der Waals surface area contributed by atoms with E-state index in [1.807, 2.05) is 4.90 Å². The molecule has 0 bridgehead atoms. The summed E-state index contributed by atoms with van der Waals surface area (Å²) in [5, 5.41) is 12.9. The second-order valence-corrected chi connectivity index (χ2v) is 7.45. The molecule has 7 heteroatoms. The summed E-state index contributed by atoms with van der Waals surface area (Å²) in [5.74, 6) is 0.144. The van der Waals surface area contributed by atoms with Gasteiger partial charge in [-0.25, -0.2) is 9.18 Å². The lowest BCUT2D eigenvalue weighted by Gasteiger charge is -2.37. The standard InChI is InChI=1S/C22H28FN3O3/c1-25-11-9-19(10-12-25)26(15-16-3-6-18(23)7-4-16)22(28)24-14-17-5-8-21(29-2)20(27)13-17/h3-8,13,19,27H,9-12,14-15H2,1-2H3,(H,24,28). The quantitative estimate of drug-likeness (QED) is 0.779. The van der Waals surface area contributed by atoms with Crippen molar-refractivity contribution in [1.29, 1.82) is 0 Å². The van der Waals surface area contributed by atoms with E-state index in [0.717, 1.165) is 37.1 Å². The van der Waals surface area contributed by atoms with Gasteiger partial charge in [-0.15, -0.1) is 0 Å². The Kier molecular flexibility index (Phi) is 6.93. The number of hydrogen-bond acceptors (Lipinski definition) is 4. The first-order chi connectivity index (χ1) is 14.0. The van der Waals surface area contributed by atoms with Crippen molar-refractivity contribution in [3.8, 4) is 11.5 Å².